The van der Waals surface area contributed by atoms with E-state index in [-0.39, 0.29) is 17.7 Å². The fourth-order valence-corrected chi connectivity index (χ4v) is 4.32. The van der Waals surface area contributed by atoms with Crippen LogP contribution in [0.25, 0.3) is 0 Å². The van der Waals surface area contributed by atoms with Crippen molar-refractivity contribution in [3.63, 3.8) is 0 Å². The van der Waals surface area contributed by atoms with E-state index in [2.05, 4.69) is 17.4 Å². The number of fused-ring (bicyclic) bond motifs is 1. The van der Waals surface area contributed by atoms with Crippen LogP contribution in [0.15, 0.2) is 42.5 Å². The predicted octanol–water partition coefficient (Wildman–Crippen LogP) is 4.74. The van der Waals surface area contributed by atoms with Crippen molar-refractivity contribution in [1.82, 2.24) is 5.32 Å². The fraction of sp³-hybridized carbons (Fsp3) is 0.391. The molecule has 4 rings (SSSR count). The van der Waals surface area contributed by atoms with E-state index in [0.717, 1.165) is 43.4 Å². The third-order valence-electron chi connectivity index (χ3n) is 5.82. The van der Waals surface area contributed by atoms with Gasteiger partial charge >= 0.3 is 0 Å². The first kappa shape index (κ1) is 19.0. The molecule has 0 aromatic heterocycles. The van der Waals surface area contributed by atoms with Crippen molar-refractivity contribution >= 4 is 29.1 Å². The Morgan fingerprint density at radius 1 is 1.04 bits per heavy atom. The highest BCUT2D eigenvalue weighted by Gasteiger charge is 2.26. The number of amides is 2. The van der Waals surface area contributed by atoms with Gasteiger partial charge in [-0.25, -0.2) is 0 Å². The van der Waals surface area contributed by atoms with Gasteiger partial charge in [-0.2, -0.15) is 0 Å². The standard InChI is InChI=1S/C23H25ClN2O2/c24-20-10-8-19(9-11-20)23(28)26-13-12-17-7-6-16(14-21(17)26)15-25-22(27)18-4-2-1-3-5-18/h6-11,14,18H,1-5,12-13,15H2,(H,25,27). The SMILES string of the molecule is O=C(NCc1ccc2c(c1)N(C(=O)c1ccc(Cl)cc1)CC2)C1CCCCC1. The summed E-state index contributed by atoms with van der Waals surface area (Å²) in [5.41, 5.74) is 3.78. The van der Waals surface area contributed by atoms with Crippen LogP contribution in [0, 0.1) is 5.92 Å². The van der Waals surface area contributed by atoms with Gasteiger partial charge in [0.05, 0.1) is 0 Å². The van der Waals surface area contributed by atoms with E-state index in [1.54, 1.807) is 24.3 Å². The normalized spacial score (nSPS) is 16.7. The molecule has 1 aliphatic carbocycles. The first-order valence-electron chi connectivity index (χ1n) is 10.1. The van der Waals surface area contributed by atoms with Gasteiger partial charge in [0.2, 0.25) is 5.91 Å². The van der Waals surface area contributed by atoms with Crippen molar-refractivity contribution in [3.8, 4) is 0 Å². The second kappa shape index (κ2) is 8.36. The Morgan fingerprint density at radius 3 is 2.54 bits per heavy atom. The summed E-state index contributed by atoms with van der Waals surface area (Å²) in [4.78, 5) is 27.1. The van der Waals surface area contributed by atoms with Crippen molar-refractivity contribution in [2.45, 2.75) is 45.1 Å². The monoisotopic (exact) mass is 396 g/mol. The summed E-state index contributed by atoms with van der Waals surface area (Å²) in [7, 11) is 0. The van der Waals surface area contributed by atoms with Crippen LogP contribution < -0.4 is 10.2 Å². The van der Waals surface area contributed by atoms with E-state index >= 15 is 0 Å². The Hall–Kier alpha value is -2.33. The maximum Gasteiger partial charge on any atom is 0.258 e. The van der Waals surface area contributed by atoms with E-state index in [0.29, 0.717) is 23.7 Å². The van der Waals surface area contributed by atoms with Gasteiger partial charge in [0, 0.05) is 35.3 Å². The Morgan fingerprint density at radius 2 is 1.79 bits per heavy atom. The third-order valence-corrected chi connectivity index (χ3v) is 6.08. The highest BCUT2D eigenvalue weighted by atomic mass is 35.5. The minimum atomic E-state index is -0.0150. The van der Waals surface area contributed by atoms with Crippen molar-refractivity contribution in [3.05, 3.63) is 64.2 Å². The molecule has 0 saturated heterocycles. The molecule has 2 aliphatic rings. The highest BCUT2D eigenvalue weighted by molar-refractivity contribution is 6.30. The highest BCUT2D eigenvalue weighted by Crippen LogP contribution is 2.31. The molecule has 0 radical (unpaired) electrons. The molecule has 2 aromatic carbocycles. The number of carbonyl (C=O) groups is 2. The lowest BCUT2D eigenvalue weighted by molar-refractivity contribution is -0.126. The van der Waals surface area contributed by atoms with E-state index < -0.39 is 0 Å². The minimum Gasteiger partial charge on any atom is -0.352 e. The second-order valence-electron chi connectivity index (χ2n) is 7.73. The van der Waals surface area contributed by atoms with Crippen molar-refractivity contribution in [2.75, 3.05) is 11.4 Å². The number of anilines is 1. The van der Waals surface area contributed by atoms with Crippen LogP contribution in [-0.4, -0.2) is 18.4 Å². The molecule has 1 saturated carbocycles. The lowest BCUT2D eigenvalue weighted by atomic mass is 9.88. The molecule has 0 bridgehead atoms. The van der Waals surface area contributed by atoms with Crippen molar-refractivity contribution < 1.29 is 9.59 Å². The molecule has 146 valence electrons. The molecular weight excluding hydrogens is 372 g/mol. The quantitative estimate of drug-likeness (QED) is 0.811. The molecule has 1 fully saturated rings. The van der Waals surface area contributed by atoms with Crippen LogP contribution >= 0.6 is 11.6 Å². The molecule has 4 nitrogen and oxygen atoms in total. The predicted molar refractivity (Wildman–Crippen MR) is 112 cm³/mol. The smallest absolute Gasteiger partial charge is 0.258 e. The third kappa shape index (κ3) is 4.07. The van der Waals surface area contributed by atoms with Crippen molar-refractivity contribution in [2.24, 2.45) is 5.92 Å². The Kier molecular flexibility index (Phi) is 5.67. The maximum atomic E-state index is 12.9. The van der Waals surface area contributed by atoms with Gasteiger partial charge in [-0.1, -0.05) is 43.0 Å². The molecule has 0 unspecified atom stereocenters. The number of halogens is 1. The van der Waals surface area contributed by atoms with Gasteiger partial charge in [0.15, 0.2) is 0 Å². The molecule has 5 heteroatoms. The summed E-state index contributed by atoms with van der Waals surface area (Å²) in [6.45, 7) is 1.18. The topological polar surface area (TPSA) is 49.4 Å². The van der Waals surface area contributed by atoms with Gasteiger partial charge in [-0.05, 0) is 60.7 Å². The molecule has 28 heavy (non-hydrogen) atoms. The van der Waals surface area contributed by atoms with Crippen LogP contribution in [0.5, 0.6) is 0 Å². The average molecular weight is 397 g/mol. The van der Waals surface area contributed by atoms with Gasteiger partial charge in [-0.15, -0.1) is 0 Å². The van der Waals surface area contributed by atoms with Gasteiger partial charge in [0.25, 0.3) is 5.91 Å². The first-order valence-corrected chi connectivity index (χ1v) is 10.5. The summed E-state index contributed by atoms with van der Waals surface area (Å²) in [5, 5.41) is 3.70. The molecular formula is C23H25ClN2O2. The van der Waals surface area contributed by atoms with Crippen LogP contribution in [0.4, 0.5) is 5.69 Å². The zero-order valence-corrected chi connectivity index (χ0v) is 16.7. The molecule has 1 heterocycles. The second-order valence-corrected chi connectivity index (χ2v) is 8.17. The summed E-state index contributed by atoms with van der Waals surface area (Å²) < 4.78 is 0. The lowest BCUT2D eigenvalue weighted by Crippen LogP contribution is -2.31. The Balaban J connectivity index is 1.45. The zero-order chi connectivity index (χ0) is 19.5. The average Bonchev–Trinajstić information content (AvgIpc) is 3.16. The van der Waals surface area contributed by atoms with Gasteiger partial charge < -0.3 is 10.2 Å². The number of hydrogen-bond donors (Lipinski definition) is 1. The lowest BCUT2D eigenvalue weighted by Gasteiger charge is -2.21. The van der Waals surface area contributed by atoms with Crippen LogP contribution in [0.1, 0.15) is 53.6 Å². The summed E-state index contributed by atoms with van der Waals surface area (Å²) in [6.07, 6.45) is 6.39. The number of nitrogens with one attached hydrogen (secondary N) is 1. The number of rotatable bonds is 4. The molecule has 1 N–H and O–H groups in total. The number of nitrogens with zero attached hydrogens (tertiary/aromatic N) is 1. The van der Waals surface area contributed by atoms with Gasteiger partial charge in [0.1, 0.15) is 0 Å². The number of benzene rings is 2. The van der Waals surface area contributed by atoms with E-state index in [9.17, 15) is 9.59 Å². The van der Waals surface area contributed by atoms with Crippen LogP contribution in [0.3, 0.4) is 0 Å². The molecule has 1 aliphatic heterocycles. The zero-order valence-electron chi connectivity index (χ0n) is 15.9. The fourth-order valence-electron chi connectivity index (χ4n) is 4.19. The summed E-state index contributed by atoms with van der Waals surface area (Å²) in [6, 6.07) is 13.2. The summed E-state index contributed by atoms with van der Waals surface area (Å²) in [5.74, 6) is 0.305. The molecule has 2 amide bonds. The molecule has 0 spiro atoms. The number of hydrogen-bond acceptors (Lipinski definition) is 2. The summed E-state index contributed by atoms with van der Waals surface area (Å²) >= 11 is 5.93. The minimum absolute atomic E-state index is 0.0150. The maximum absolute atomic E-state index is 12.9. The Bertz CT molecular complexity index is 873. The van der Waals surface area contributed by atoms with E-state index in [1.807, 2.05) is 11.0 Å². The van der Waals surface area contributed by atoms with Gasteiger partial charge in [-0.3, -0.25) is 9.59 Å². The largest absolute Gasteiger partial charge is 0.352 e. The van der Waals surface area contributed by atoms with Crippen LogP contribution in [-0.2, 0) is 17.8 Å². The number of carbonyl (C=O) groups excluding carboxylic acids is 2. The Labute approximate surface area is 170 Å². The van der Waals surface area contributed by atoms with Crippen molar-refractivity contribution in [1.29, 1.82) is 0 Å². The van der Waals surface area contributed by atoms with E-state index in [4.69, 9.17) is 11.6 Å². The first-order chi connectivity index (χ1) is 13.6. The molecule has 2 aromatic rings. The molecule has 0 atom stereocenters. The van der Waals surface area contributed by atoms with E-state index in [1.165, 1.54) is 12.0 Å². The van der Waals surface area contributed by atoms with Crippen LogP contribution in [0.2, 0.25) is 5.02 Å².